The van der Waals surface area contributed by atoms with Gasteiger partial charge in [-0.3, -0.25) is 4.79 Å². The zero-order valence-corrected chi connectivity index (χ0v) is 6.23. The van der Waals surface area contributed by atoms with Gasteiger partial charge in [-0.25, -0.2) is 0 Å². The first kappa shape index (κ1) is 8.61. The number of carboxylic acid groups (broad SMARTS) is 1. The Labute approximate surface area is 68.4 Å². The molecule has 5 nitrogen and oxygen atoms in total. The number of rotatable bonds is 3. The number of furan rings is 1. The third-order valence-corrected chi connectivity index (χ3v) is 1.40. The molecule has 1 aromatic rings. The molecule has 1 rings (SSSR count). The van der Waals surface area contributed by atoms with Gasteiger partial charge in [0.15, 0.2) is 11.5 Å². The molecule has 0 spiro atoms. The Morgan fingerprint density at radius 3 is 2.83 bits per heavy atom. The maximum atomic E-state index is 10.2. The van der Waals surface area contributed by atoms with Crippen LogP contribution in [0.25, 0.3) is 0 Å². The average Bonchev–Trinajstić information content (AvgIpc) is 2.33. The third kappa shape index (κ3) is 1.76. The Morgan fingerprint density at radius 2 is 2.42 bits per heavy atom. The minimum atomic E-state index is -1.03. The van der Waals surface area contributed by atoms with Crippen LogP contribution in [0.2, 0.25) is 0 Å². The van der Waals surface area contributed by atoms with Gasteiger partial charge in [0.05, 0.1) is 18.7 Å². The fourth-order valence-electron chi connectivity index (χ4n) is 0.872. The summed E-state index contributed by atoms with van der Waals surface area (Å²) < 4.78 is 4.79. The van der Waals surface area contributed by atoms with Gasteiger partial charge in [0.1, 0.15) is 0 Å². The van der Waals surface area contributed by atoms with Gasteiger partial charge in [0.25, 0.3) is 0 Å². The summed E-state index contributed by atoms with van der Waals surface area (Å²) in [6, 6.07) is 0.523. The second-order valence-corrected chi connectivity index (χ2v) is 2.37. The van der Waals surface area contributed by atoms with Gasteiger partial charge in [-0.1, -0.05) is 0 Å². The van der Waals surface area contributed by atoms with Crippen molar-refractivity contribution in [2.75, 3.05) is 0 Å². The lowest BCUT2D eigenvalue weighted by atomic mass is 10.1. The van der Waals surface area contributed by atoms with Crippen molar-refractivity contribution >= 4 is 5.97 Å². The maximum absolute atomic E-state index is 10.2. The lowest BCUT2D eigenvalue weighted by molar-refractivity contribution is -0.137. The van der Waals surface area contributed by atoms with E-state index in [9.17, 15) is 4.79 Å². The SMILES string of the molecule is NC(CC(=O)O)c1occc1O. The largest absolute Gasteiger partial charge is 0.504 e. The molecule has 5 heteroatoms. The van der Waals surface area contributed by atoms with Crippen LogP contribution in [0.15, 0.2) is 16.7 Å². The van der Waals surface area contributed by atoms with Crippen molar-refractivity contribution < 1.29 is 19.4 Å². The molecule has 0 aliphatic carbocycles. The molecule has 12 heavy (non-hydrogen) atoms. The average molecular weight is 171 g/mol. The highest BCUT2D eigenvalue weighted by molar-refractivity contribution is 5.67. The Hall–Kier alpha value is -1.49. The van der Waals surface area contributed by atoms with E-state index >= 15 is 0 Å². The van der Waals surface area contributed by atoms with Crippen LogP contribution in [0.1, 0.15) is 18.2 Å². The van der Waals surface area contributed by atoms with Gasteiger partial charge >= 0.3 is 5.97 Å². The van der Waals surface area contributed by atoms with Crippen molar-refractivity contribution in [2.45, 2.75) is 12.5 Å². The van der Waals surface area contributed by atoms with Gasteiger partial charge in [-0.05, 0) is 0 Å². The van der Waals surface area contributed by atoms with Crippen LogP contribution in [0, 0.1) is 0 Å². The molecular formula is C7H9NO4. The summed E-state index contributed by atoms with van der Waals surface area (Å²) in [5, 5.41) is 17.4. The lowest BCUT2D eigenvalue weighted by Gasteiger charge is -2.04. The summed E-state index contributed by atoms with van der Waals surface area (Å²) in [6.07, 6.45) is 0.994. The second kappa shape index (κ2) is 3.27. The van der Waals surface area contributed by atoms with E-state index < -0.39 is 12.0 Å². The van der Waals surface area contributed by atoms with E-state index in [1.54, 1.807) is 0 Å². The molecule has 4 N–H and O–H groups in total. The van der Waals surface area contributed by atoms with Gasteiger partial charge in [0, 0.05) is 6.07 Å². The number of nitrogens with two attached hydrogens (primary N) is 1. The highest BCUT2D eigenvalue weighted by atomic mass is 16.4. The summed E-state index contributed by atoms with van der Waals surface area (Å²) in [6.45, 7) is 0. The summed E-state index contributed by atoms with van der Waals surface area (Å²) in [5.74, 6) is -1.03. The number of carboxylic acids is 1. The predicted octanol–water partition coefficient (Wildman–Crippen LogP) is 0.460. The number of aromatic hydroxyl groups is 1. The zero-order chi connectivity index (χ0) is 9.14. The molecule has 0 saturated heterocycles. The van der Waals surface area contributed by atoms with Crippen molar-refractivity contribution in [3.05, 3.63) is 18.1 Å². The Kier molecular flexibility index (Phi) is 2.35. The van der Waals surface area contributed by atoms with Crippen LogP contribution in [0.5, 0.6) is 5.75 Å². The Bertz CT molecular complexity index is 281. The van der Waals surface area contributed by atoms with Gasteiger partial charge in [0.2, 0.25) is 0 Å². The fourth-order valence-corrected chi connectivity index (χ4v) is 0.872. The summed E-state index contributed by atoms with van der Waals surface area (Å²) in [4.78, 5) is 10.2. The Morgan fingerprint density at radius 1 is 1.75 bits per heavy atom. The summed E-state index contributed by atoms with van der Waals surface area (Å²) in [7, 11) is 0. The van der Waals surface area contributed by atoms with Gasteiger partial charge in [-0.15, -0.1) is 0 Å². The van der Waals surface area contributed by atoms with Crippen LogP contribution in [0.3, 0.4) is 0 Å². The van der Waals surface area contributed by atoms with E-state index in [4.69, 9.17) is 20.4 Å². The monoisotopic (exact) mass is 171 g/mol. The molecule has 1 heterocycles. The predicted molar refractivity (Wildman–Crippen MR) is 39.6 cm³/mol. The molecule has 0 radical (unpaired) electrons. The molecule has 0 fully saturated rings. The topological polar surface area (TPSA) is 96.7 Å². The van der Waals surface area contributed by atoms with E-state index in [1.807, 2.05) is 0 Å². The molecule has 1 unspecified atom stereocenters. The molecule has 1 atom stereocenters. The number of hydrogen-bond donors (Lipinski definition) is 3. The van der Waals surface area contributed by atoms with Crippen LogP contribution in [-0.2, 0) is 4.79 Å². The maximum Gasteiger partial charge on any atom is 0.305 e. The van der Waals surface area contributed by atoms with Gasteiger partial charge < -0.3 is 20.4 Å². The molecule has 0 aliphatic rings. The minimum absolute atomic E-state index is 0.108. The first-order chi connectivity index (χ1) is 5.61. The zero-order valence-electron chi connectivity index (χ0n) is 6.23. The molecule has 0 bridgehead atoms. The van der Waals surface area contributed by atoms with Crippen molar-refractivity contribution in [1.82, 2.24) is 0 Å². The molecule has 0 aromatic carbocycles. The lowest BCUT2D eigenvalue weighted by Crippen LogP contribution is -2.14. The molecule has 66 valence electrons. The van der Waals surface area contributed by atoms with E-state index in [2.05, 4.69) is 0 Å². The van der Waals surface area contributed by atoms with Crippen LogP contribution >= 0.6 is 0 Å². The molecule has 1 aromatic heterocycles. The molecule has 0 saturated carbocycles. The molecular weight excluding hydrogens is 162 g/mol. The standard InChI is InChI=1S/C7H9NO4/c8-4(3-6(10)11)7-5(9)1-2-12-7/h1-2,4,9H,3,8H2,(H,10,11). The number of carbonyl (C=O) groups is 1. The van der Waals surface area contributed by atoms with Gasteiger partial charge in [-0.2, -0.15) is 0 Å². The smallest absolute Gasteiger partial charge is 0.305 e. The van der Waals surface area contributed by atoms with Crippen LogP contribution in [0.4, 0.5) is 0 Å². The second-order valence-electron chi connectivity index (χ2n) is 2.37. The van der Waals surface area contributed by atoms with Crippen LogP contribution in [-0.4, -0.2) is 16.2 Å². The van der Waals surface area contributed by atoms with Crippen molar-refractivity contribution in [2.24, 2.45) is 5.73 Å². The molecule has 0 amide bonds. The third-order valence-electron chi connectivity index (χ3n) is 1.40. The number of aliphatic carboxylic acids is 1. The Balaban J connectivity index is 2.71. The fraction of sp³-hybridized carbons (Fsp3) is 0.286. The van der Waals surface area contributed by atoms with E-state index in [-0.39, 0.29) is 17.9 Å². The van der Waals surface area contributed by atoms with Crippen LogP contribution < -0.4 is 5.73 Å². The highest BCUT2D eigenvalue weighted by Gasteiger charge is 2.17. The first-order valence-electron chi connectivity index (χ1n) is 3.35. The van der Waals surface area contributed by atoms with E-state index in [1.165, 1.54) is 12.3 Å². The van der Waals surface area contributed by atoms with E-state index in [0.29, 0.717) is 0 Å². The summed E-state index contributed by atoms with van der Waals surface area (Å²) in [5.41, 5.74) is 5.41. The van der Waals surface area contributed by atoms with Crippen molar-refractivity contribution in [1.29, 1.82) is 0 Å². The quantitative estimate of drug-likeness (QED) is 0.613. The molecule has 0 aliphatic heterocycles. The van der Waals surface area contributed by atoms with Crippen molar-refractivity contribution in [3.63, 3.8) is 0 Å². The number of hydrogen-bond acceptors (Lipinski definition) is 4. The highest BCUT2D eigenvalue weighted by Crippen LogP contribution is 2.25. The first-order valence-corrected chi connectivity index (χ1v) is 3.35. The minimum Gasteiger partial charge on any atom is -0.504 e. The summed E-state index contributed by atoms with van der Waals surface area (Å²) >= 11 is 0. The van der Waals surface area contributed by atoms with E-state index in [0.717, 1.165) is 0 Å². The van der Waals surface area contributed by atoms with Crippen molar-refractivity contribution in [3.8, 4) is 5.75 Å². The normalized spacial score (nSPS) is 12.8.